The van der Waals surface area contributed by atoms with E-state index in [-0.39, 0.29) is 5.97 Å². The normalized spacial score (nSPS) is 10.2. The largest absolute Gasteiger partial charge is 0.462 e. The second kappa shape index (κ2) is 6.83. The molecule has 0 aliphatic rings. The Kier molecular flexibility index (Phi) is 4.87. The topological polar surface area (TPSA) is 64.1 Å². The summed E-state index contributed by atoms with van der Waals surface area (Å²) in [6, 6.07) is 7.33. The zero-order valence-corrected chi connectivity index (χ0v) is 12.5. The van der Waals surface area contributed by atoms with E-state index in [1.165, 1.54) is 0 Å². The lowest BCUT2D eigenvalue weighted by molar-refractivity contribution is 0.0526. The van der Waals surface area contributed by atoms with Crippen LogP contribution in [-0.4, -0.2) is 22.5 Å². The summed E-state index contributed by atoms with van der Waals surface area (Å²) in [5.41, 5.74) is 3.54. The standard InChI is InChI=1S/C16H19N3O2/c1-4-21-15(20)14-7-5-6-13(8-14)10-18-16-17-9-11(2)12(3)19-16/h5-9H,4,10H2,1-3H3,(H,17,18,19). The number of carbonyl (C=O) groups excluding carboxylic acids is 1. The average molecular weight is 285 g/mol. The summed E-state index contributed by atoms with van der Waals surface area (Å²) < 4.78 is 4.99. The smallest absolute Gasteiger partial charge is 0.338 e. The van der Waals surface area contributed by atoms with Gasteiger partial charge in [0.15, 0.2) is 0 Å². The number of aryl methyl sites for hydroxylation is 2. The summed E-state index contributed by atoms with van der Waals surface area (Å²) in [7, 11) is 0. The fourth-order valence-corrected chi connectivity index (χ4v) is 1.82. The van der Waals surface area contributed by atoms with Crippen LogP contribution in [0.2, 0.25) is 0 Å². The highest BCUT2D eigenvalue weighted by Gasteiger charge is 2.07. The Labute approximate surface area is 124 Å². The van der Waals surface area contributed by atoms with Crippen molar-refractivity contribution in [3.63, 3.8) is 0 Å². The number of aromatic nitrogens is 2. The van der Waals surface area contributed by atoms with Crippen molar-refractivity contribution in [1.29, 1.82) is 0 Å². The lowest BCUT2D eigenvalue weighted by Gasteiger charge is -2.08. The van der Waals surface area contributed by atoms with E-state index in [9.17, 15) is 4.79 Å². The van der Waals surface area contributed by atoms with Crippen LogP contribution >= 0.6 is 0 Å². The number of nitrogens with one attached hydrogen (secondary N) is 1. The van der Waals surface area contributed by atoms with Crippen molar-refractivity contribution in [3.05, 3.63) is 52.8 Å². The molecular weight excluding hydrogens is 266 g/mol. The lowest BCUT2D eigenvalue weighted by atomic mass is 10.1. The lowest BCUT2D eigenvalue weighted by Crippen LogP contribution is -2.08. The van der Waals surface area contributed by atoms with Gasteiger partial charge in [-0.05, 0) is 44.0 Å². The molecule has 110 valence electrons. The second-order valence-corrected chi connectivity index (χ2v) is 4.74. The Morgan fingerprint density at radius 3 is 2.86 bits per heavy atom. The number of benzene rings is 1. The maximum absolute atomic E-state index is 11.7. The first-order valence-electron chi connectivity index (χ1n) is 6.90. The molecule has 0 saturated carbocycles. The minimum atomic E-state index is -0.304. The molecule has 1 aromatic carbocycles. The fourth-order valence-electron chi connectivity index (χ4n) is 1.82. The van der Waals surface area contributed by atoms with Gasteiger partial charge in [0.25, 0.3) is 0 Å². The number of esters is 1. The van der Waals surface area contributed by atoms with Gasteiger partial charge in [-0.2, -0.15) is 0 Å². The van der Waals surface area contributed by atoms with E-state index in [4.69, 9.17) is 4.74 Å². The van der Waals surface area contributed by atoms with Crippen LogP contribution in [0.15, 0.2) is 30.5 Å². The highest BCUT2D eigenvalue weighted by Crippen LogP contribution is 2.10. The highest BCUT2D eigenvalue weighted by atomic mass is 16.5. The minimum Gasteiger partial charge on any atom is -0.462 e. The molecule has 0 aliphatic carbocycles. The molecule has 21 heavy (non-hydrogen) atoms. The van der Waals surface area contributed by atoms with Crippen molar-refractivity contribution in [3.8, 4) is 0 Å². The summed E-state index contributed by atoms with van der Waals surface area (Å²) in [6.45, 7) is 6.64. The van der Waals surface area contributed by atoms with E-state index in [1.807, 2.05) is 32.0 Å². The van der Waals surface area contributed by atoms with Gasteiger partial charge >= 0.3 is 5.97 Å². The summed E-state index contributed by atoms with van der Waals surface area (Å²) in [6.07, 6.45) is 1.79. The molecule has 0 atom stereocenters. The number of hydrogen-bond donors (Lipinski definition) is 1. The van der Waals surface area contributed by atoms with Crippen LogP contribution in [0.1, 0.15) is 34.1 Å². The van der Waals surface area contributed by atoms with Gasteiger partial charge in [-0.15, -0.1) is 0 Å². The average Bonchev–Trinajstić information content (AvgIpc) is 2.49. The maximum Gasteiger partial charge on any atom is 0.338 e. The Bertz CT molecular complexity index is 641. The van der Waals surface area contributed by atoms with Crippen LogP contribution in [0.3, 0.4) is 0 Å². The van der Waals surface area contributed by atoms with Crippen molar-refractivity contribution in [2.75, 3.05) is 11.9 Å². The van der Waals surface area contributed by atoms with Crippen molar-refractivity contribution < 1.29 is 9.53 Å². The molecule has 1 heterocycles. The minimum absolute atomic E-state index is 0.304. The van der Waals surface area contributed by atoms with Gasteiger partial charge in [0, 0.05) is 18.4 Å². The fraction of sp³-hybridized carbons (Fsp3) is 0.312. The zero-order valence-electron chi connectivity index (χ0n) is 12.5. The van der Waals surface area contributed by atoms with Gasteiger partial charge < -0.3 is 10.1 Å². The zero-order chi connectivity index (χ0) is 15.2. The third-order valence-corrected chi connectivity index (χ3v) is 3.11. The summed E-state index contributed by atoms with van der Waals surface area (Å²) >= 11 is 0. The van der Waals surface area contributed by atoms with Crippen molar-refractivity contribution >= 4 is 11.9 Å². The van der Waals surface area contributed by atoms with E-state index < -0.39 is 0 Å². The van der Waals surface area contributed by atoms with Crippen LogP contribution in [0.5, 0.6) is 0 Å². The van der Waals surface area contributed by atoms with Gasteiger partial charge in [0.05, 0.1) is 12.2 Å². The number of rotatable bonds is 5. The second-order valence-electron chi connectivity index (χ2n) is 4.74. The third kappa shape index (κ3) is 4.02. The molecule has 2 rings (SSSR count). The Morgan fingerprint density at radius 2 is 2.14 bits per heavy atom. The predicted molar refractivity (Wildman–Crippen MR) is 81.2 cm³/mol. The molecule has 2 aromatic rings. The third-order valence-electron chi connectivity index (χ3n) is 3.11. The summed E-state index contributed by atoms with van der Waals surface area (Å²) in [5, 5.41) is 3.15. The van der Waals surface area contributed by atoms with E-state index in [0.717, 1.165) is 16.8 Å². The van der Waals surface area contributed by atoms with Crippen molar-refractivity contribution in [1.82, 2.24) is 9.97 Å². The van der Waals surface area contributed by atoms with Crippen molar-refractivity contribution in [2.45, 2.75) is 27.3 Å². The first kappa shape index (κ1) is 15.0. The molecule has 0 saturated heterocycles. The Balaban J connectivity index is 2.04. The molecule has 0 bridgehead atoms. The number of ether oxygens (including phenoxy) is 1. The van der Waals surface area contributed by atoms with E-state index in [1.54, 1.807) is 19.2 Å². The van der Waals surface area contributed by atoms with Gasteiger partial charge in [-0.3, -0.25) is 0 Å². The molecule has 0 amide bonds. The molecule has 1 aromatic heterocycles. The number of nitrogens with zero attached hydrogens (tertiary/aromatic N) is 2. The van der Waals surface area contributed by atoms with Gasteiger partial charge in [0.1, 0.15) is 0 Å². The first-order valence-corrected chi connectivity index (χ1v) is 6.90. The molecule has 5 heteroatoms. The SMILES string of the molecule is CCOC(=O)c1cccc(CNc2ncc(C)c(C)n2)c1. The summed E-state index contributed by atoms with van der Waals surface area (Å²) in [5.74, 6) is 0.279. The van der Waals surface area contributed by atoms with Crippen LogP contribution in [0.25, 0.3) is 0 Å². The predicted octanol–water partition coefficient (Wildman–Crippen LogP) is 2.88. The maximum atomic E-state index is 11.7. The van der Waals surface area contributed by atoms with E-state index >= 15 is 0 Å². The number of carbonyl (C=O) groups is 1. The monoisotopic (exact) mass is 285 g/mol. The van der Waals surface area contributed by atoms with Gasteiger partial charge in [0.2, 0.25) is 5.95 Å². The molecular formula is C16H19N3O2. The molecule has 0 unspecified atom stereocenters. The van der Waals surface area contributed by atoms with Crippen LogP contribution in [0, 0.1) is 13.8 Å². The molecule has 0 radical (unpaired) electrons. The Hall–Kier alpha value is -2.43. The van der Waals surface area contributed by atoms with E-state index in [0.29, 0.717) is 24.7 Å². The molecule has 1 N–H and O–H groups in total. The van der Waals surface area contributed by atoms with Gasteiger partial charge in [-0.1, -0.05) is 12.1 Å². The van der Waals surface area contributed by atoms with Crippen LogP contribution in [0.4, 0.5) is 5.95 Å². The highest BCUT2D eigenvalue weighted by molar-refractivity contribution is 5.89. The first-order chi connectivity index (χ1) is 10.1. The summed E-state index contributed by atoms with van der Waals surface area (Å²) in [4.78, 5) is 20.3. The quantitative estimate of drug-likeness (QED) is 0.856. The Morgan fingerprint density at radius 1 is 1.33 bits per heavy atom. The molecule has 5 nitrogen and oxygen atoms in total. The molecule has 0 aliphatic heterocycles. The molecule has 0 spiro atoms. The van der Waals surface area contributed by atoms with Crippen LogP contribution in [-0.2, 0) is 11.3 Å². The van der Waals surface area contributed by atoms with E-state index in [2.05, 4.69) is 15.3 Å². The van der Waals surface area contributed by atoms with Gasteiger partial charge in [-0.25, -0.2) is 14.8 Å². The van der Waals surface area contributed by atoms with Crippen molar-refractivity contribution in [2.24, 2.45) is 0 Å². The van der Waals surface area contributed by atoms with Crippen LogP contribution < -0.4 is 5.32 Å². The molecule has 0 fully saturated rings. The number of hydrogen-bond acceptors (Lipinski definition) is 5. The number of anilines is 1.